The molecule has 0 radical (unpaired) electrons. The van der Waals surface area contributed by atoms with E-state index in [0.717, 1.165) is 0 Å². The third-order valence-corrected chi connectivity index (χ3v) is 4.45. The number of nitro benzene ring substituents is 1. The van der Waals surface area contributed by atoms with Gasteiger partial charge < -0.3 is 14.8 Å². The van der Waals surface area contributed by atoms with Crippen molar-refractivity contribution in [1.82, 2.24) is 5.32 Å². The molecular weight excluding hydrogens is 364 g/mol. The van der Waals surface area contributed by atoms with Gasteiger partial charge in [-0.1, -0.05) is 30.9 Å². The number of allylic oxidation sites excluding steroid dienone is 2. The van der Waals surface area contributed by atoms with Crippen LogP contribution in [0.3, 0.4) is 0 Å². The van der Waals surface area contributed by atoms with Crippen molar-refractivity contribution in [3.05, 3.63) is 75.1 Å². The Kier molecular flexibility index (Phi) is 6.35. The number of para-hydroxylation sites is 1. The predicted octanol–water partition coefficient (Wildman–Crippen LogP) is 3.12. The normalized spacial score (nSPS) is 17.5. The van der Waals surface area contributed by atoms with E-state index < -0.39 is 28.9 Å². The lowest BCUT2D eigenvalue weighted by Crippen LogP contribution is -2.33. The van der Waals surface area contributed by atoms with Crippen LogP contribution < -0.4 is 5.32 Å². The van der Waals surface area contributed by atoms with Gasteiger partial charge in [0.2, 0.25) is 0 Å². The quantitative estimate of drug-likeness (QED) is 0.346. The van der Waals surface area contributed by atoms with E-state index in [0.29, 0.717) is 11.4 Å². The maximum Gasteiger partial charge on any atom is 0.337 e. The van der Waals surface area contributed by atoms with E-state index in [2.05, 4.69) is 11.9 Å². The average Bonchev–Trinajstić information content (AvgIpc) is 2.66. The standard InChI is InChI=1S/C20H22N2O6/c1-6-11(2)28-20(24)17-13(4)21-12(3)16(19(23)27-5)18(17)14-9-7-8-10-15(14)22(25)26/h6-11,18,21H,1H2,2-5H3. The maximum absolute atomic E-state index is 12.9. The van der Waals surface area contributed by atoms with Crippen molar-refractivity contribution in [3.63, 3.8) is 0 Å². The van der Waals surface area contributed by atoms with Crippen LogP contribution in [-0.4, -0.2) is 30.1 Å². The Morgan fingerprint density at radius 3 is 2.32 bits per heavy atom. The van der Waals surface area contributed by atoms with E-state index in [1.807, 2.05) is 0 Å². The van der Waals surface area contributed by atoms with Gasteiger partial charge in [0.05, 0.1) is 29.1 Å². The van der Waals surface area contributed by atoms with Crippen molar-refractivity contribution in [2.75, 3.05) is 7.11 Å². The minimum atomic E-state index is -1.01. The van der Waals surface area contributed by atoms with E-state index in [4.69, 9.17) is 9.47 Å². The lowest BCUT2D eigenvalue weighted by atomic mass is 9.79. The van der Waals surface area contributed by atoms with E-state index in [-0.39, 0.29) is 22.4 Å². The highest BCUT2D eigenvalue weighted by Crippen LogP contribution is 2.42. The number of hydrogen-bond donors (Lipinski definition) is 1. The van der Waals surface area contributed by atoms with E-state index in [1.165, 1.54) is 31.4 Å². The van der Waals surface area contributed by atoms with Crippen LogP contribution in [0.5, 0.6) is 0 Å². The van der Waals surface area contributed by atoms with Crippen LogP contribution in [0.25, 0.3) is 0 Å². The highest BCUT2D eigenvalue weighted by molar-refractivity contribution is 6.00. The molecule has 1 N–H and O–H groups in total. The minimum absolute atomic E-state index is 0.106. The van der Waals surface area contributed by atoms with Crippen molar-refractivity contribution >= 4 is 17.6 Å². The molecule has 0 aromatic heterocycles. The van der Waals surface area contributed by atoms with Crippen LogP contribution >= 0.6 is 0 Å². The molecule has 1 aromatic rings. The first-order valence-corrected chi connectivity index (χ1v) is 8.56. The lowest BCUT2D eigenvalue weighted by molar-refractivity contribution is -0.385. The number of methoxy groups -OCH3 is 1. The topological polar surface area (TPSA) is 108 Å². The molecule has 1 aromatic carbocycles. The second kappa shape index (κ2) is 8.51. The van der Waals surface area contributed by atoms with Gasteiger partial charge in [0.15, 0.2) is 0 Å². The summed E-state index contributed by atoms with van der Waals surface area (Å²) in [5.74, 6) is -2.41. The summed E-state index contributed by atoms with van der Waals surface area (Å²) in [6, 6.07) is 5.97. The van der Waals surface area contributed by atoms with Crippen LogP contribution in [0.15, 0.2) is 59.5 Å². The number of ether oxygens (including phenoxy) is 2. The van der Waals surface area contributed by atoms with Crippen molar-refractivity contribution in [1.29, 1.82) is 0 Å². The van der Waals surface area contributed by atoms with E-state index >= 15 is 0 Å². The molecule has 2 unspecified atom stereocenters. The molecule has 1 aliphatic heterocycles. The van der Waals surface area contributed by atoms with Gasteiger partial charge in [0.1, 0.15) is 6.10 Å². The predicted molar refractivity (Wildman–Crippen MR) is 102 cm³/mol. The van der Waals surface area contributed by atoms with Crippen molar-refractivity contribution < 1.29 is 24.0 Å². The molecule has 1 heterocycles. The number of carbonyl (C=O) groups is 2. The molecule has 0 saturated carbocycles. The number of nitrogens with zero attached hydrogens (tertiary/aromatic N) is 1. The fraction of sp³-hybridized carbons (Fsp3) is 0.300. The molecule has 1 aliphatic rings. The number of carbonyl (C=O) groups excluding carboxylic acids is 2. The molecule has 0 aliphatic carbocycles. The first kappa shape index (κ1) is 20.9. The van der Waals surface area contributed by atoms with Gasteiger partial charge in [0.25, 0.3) is 5.69 Å². The van der Waals surface area contributed by atoms with Crippen LogP contribution in [0.1, 0.15) is 32.3 Å². The van der Waals surface area contributed by atoms with Crippen molar-refractivity contribution in [2.24, 2.45) is 0 Å². The summed E-state index contributed by atoms with van der Waals surface area (Å²) in [5, 5.41) is 14.6. The second-order valence-electron chi connectivity index (χ2n) is 6.29. The Morgan fingerprint density at radius 2 is 1.79 bits per heavy atom. The van der Waals surface area contributed by atoms with E-state index in [1.54, 1.807) is 26.8 Å². The molecule has 2 rings (SSSR count). The number of nitrogens with one attached hydrogen (secondary N) is 1. The number of hydrogen-bond acceptors (Lipinski definition) is 7. The average molecular weight is 386 g/mol. The molecule has 0 amide bonds. The molecule has 0 bridgehead atoms. The maximum atomic E-state index is 12.9. The van der Waals surface area contributed by atoms with Gasteiger partial charge in [0, 0.05) is 23.0 Å². The largest absolute Gasteiger partial charge is 0.466 e. The van der Waals surface area contributed by atoms with Crippen LogP contribution in [0, 0.1) is 10.1 Å². The minimum Gasteiger partial charge on any atom is -0.466 e. The molecule has 28 heavy (non-hydrogen) atoms. The fourth-order valence-electron chi connectivity index (χ4n) is 3.13. The third kappa shape index (κ3) is 3.95. The molecular formula is C20H22N2O6. The first-order chi connectivity index (χ1) is 13.2. The molecule has 0 saturated heterocycles. The summed E-state index contributed by atoms with van der Waals surface area (Å²) in [6.45, 7) is 8.51. The first-order valence-electron chi connectivity index (χ1n) is 8.56. The second-order valence-corrected chi connectivity index (χ2v) is 6.29. The number of dihydropyridines is 1. The monoisotopic (exact) mass is 386 g/mol. The van der Waals surface area contributed by atoms with Crippen molar-refractivity contribution in [2.45, 2.75) is 32.8 Å². The summed E-state index contributed by atoms with van der Waals surface area (Å²) in [6.07, 6.45) is 0.875. The molecule has 0 spiro atoms. The molecule has 8 heteroatoms. The Labute approximate surface area is 162 Å². The fourth-order valence-corrected chi connectivity index (χ4v) is 3.13. The Morgan fingerprint density at radius 1 is 1.21 bits per heavy atom. The zero-order chi connectivity index (χ0) is 21.0. The van der Waals surface area contributed by atoms with E-state index in [9.17, 15) is 19.7 Å². The summed E-state index contributed by atoms with van der Waals surface area (Å²) >= 11 is 0. The summed E-state index contributed by atoms with van der Waals surface area (Å²) in [4.78, 5) is 36.4. The van der Waals surface area contributed by atoms with Crippen molar-refractivity contribution in [3.8, 4) is 0 Å². The summed E-state index contributed by atoms with van der Waals surface area (Å²) < 4.78 is 10.2. The van der Waals surface area contributed by atoms with Gasteiger partial charge in [-0.2, -0.15) is 0 Å². The molecule has 8 nitrogen and oxygen atoms in total. The van der Waals surface area contributed by atoms with Gasteiger partial charge >= 0.3 is 11.9 Å². The third-order valence-electron chi connectivity index (χ3n) is 4.45. The zero-order valence-electron chi connectivity index (χ0n) is 16.1. The number of esters is 2. The Bertz CT molecular complexity index is 900. The SMILES string of the molecule is C=CC(C)OC(=O)C1=C(C)NC(C)=C(C(=O)OC)C1c1ccccc1[N+](=O)[O-]. The van der Waals surface area contributed by atoms with Crippen LogP contribution in [-0.2, 0) is 19.1 Å². The highest BCUT2D eigenvalue weighted by atomic mass is 16.6. The van der Waals surface area contributed by atoms with Gasteiger partial charge in [-0.15, -0.1) is 0 Å². The number of nitro groups is 1. The Balaban J connectivity index is 2.74. The van der Waals surface area contributed by atoms with Gasteiger partial charge in [-0.05, 0) is 20.8 Å². The van der Waals surface area contributed by atoms with Gasteiger partial charge in [-0.3, -0.25) is 10.1 Å². The Hall–Kier alpha value is -3.42. The summed E-state index contributed by atoms with van der Waals surface area (Å²) in [7, 11) is 1.21. The summed E-state index contributed by atoms with van der Waals surface area (Å²) in [5.41, 5.74) is 1.09. The lowest BCUT2D eigenvalue weighted by Gasteiger charge is -2.30. The smallest absolute Gasteiger partial charge is 0.337 e. The van der Waals surface area contributed by atoms with Crippen LogP contribution in [0.4, 0.5) is 5.69 Å². The molecule has 148 valence electrons. The molecule has 0 fully saturated rings. The molecule has 2 atom stereocenters. The van der Waals surface area contributed by atoms with Crippen LogP contribution in [0.2, 0.25) is 0 Å². The number of rotatable bonds is 6. The highest BCUT2D eigenvalue weighted by Gasteiger charge is 2.40. The number of benzene rings is 1. The van der Waals surface area contributed by atoms with Gasteiger partial charge in [-0.25, -0.2) is 9.59 Å². The zero-order valence-corrected chi connectivity index (χ0v) is 16.1.